The van der Waals surface area contributed by atoms with Crippen LogP contribution in [0.4, 0.5) is 5.82 Å². The number of nitrogens with zero attached hydrogens (tertiary/aromatic N) is 2. The van der Waals surface area contributed by atoms with Crippen molar-refractivity contribution >= 4 is 36.0 Å². The summed E-state index contributed by atoms with van der Waals surface area (Å²) in [5.41, 5.74) is 3.60. The van der Waals surface area contributed by atoms with Crippen molar-refractivity contribution in [2.75, 3.05) is 5.73 Å². The Labute approximate surface area is 187 Å². The molecule has 0 aliphatic carbocycles. The van der Waals surface area contributed by atoms with E-state index < -0.39 is 48.8 Å². The van der Waals surface area contributed by atoms with Crippen molar-refractivity contribution in [3.8, 4) is 0 Å². The summed E-state index contributed by atoms with van der Waals surface area (Å²) in [5.74, 6) is 0.0371. The molecular weight excluding hydrogens is 532 g/mol. The summed E-state index contributed by atoms with van der Waals surface area (Å²) in [5, 5.41) is 29.2. The van der Waals surface area contributed by atoms with Crippen LogP contribution >= 0.6 is 30.2 Å². The van der Waals surface area contributed by atoms with Gasteiger partial charge >= 0.3 is 13.3 Å². The molecule has 2 heterocycles. The zero-order chi connectivity index (χ0) is 23.1. The average molecular weight is 561 g/mol. The number of nitrogen functional groups attached to an aromatic ring is 1. The molecule has 1 fully saturated rings. The quantitative estimate of drug-likeness (QED) is 0.227. The number of anilines is 1. The highest BCUT2D eigenvalue weighted by Crippen LogP contribution is 2.59. The fourth-order valence-electron chi connectivity index (χ4n) is 3.04. The van der Waals surface area contributed by atoms with Crippen LogP contribution in [0, 0.1) is 3.57 Å². The monoisotopic (exact) mass is 561 g/mol. The van der Waals surface area contributed by atoms with Crippen LogP contribution in [-0.2, 0) is 13.8 Å². The van der Waals surface area contributed by atoms with Crippen molar-refractivity contribution in [2.24, 2.45) is 0 Å². The molecule has 1 aromatic heterocycles. The fourth-order valence-corrected chi connectivity index (χ4v) is 4.85. The van der Waals surface area contributed by atoms with E-state index in [0.717, 1.165) is 4.57 Å². The van der Waals surface area contributed by atoms with Gasteiger partial charge in [-0.3, -0.25) is 9.13 Å². The highest BCUT2D eigenvalue weighted by atomic mass is 127. The van der Waals surface area contributed by atoms with Gasteiger partial charge in [-0.25, -0.2) is 4.79 Å². The third kappa shape index (κ3) is 5.07. The van der Waals surface area contributed by atoms with Gasteiger partial charge in [0.05, 0.1) is 15.3 Å². The third-order valence-corrected chi connectivity index (χ3v) is 8.60. The highest BCUT2D eigenvalue weighted by molar-refractivity contribution is 14.1. The second-order valence-corrected chi connectivity index (χ2v) is 11.2. The molecule has 1 aliphatic heterocycles. The van der Waals surface area contributed by atoms with Crippen molar-refractivity contribution in [3.63, 3.8) is 0 Å². The second kappa shape index (κ2) is 9.10. The minimum atomic E-state index is -4.44. The molecule has 0 radical (unpaired) electrons. The molecule has 13 heteroatoms. The van der Waals surface area contributed by atoms with E-state index in [1.165, 1.54) is 13.1 Å². The van der Waals surface area contributed by atoms with Crippen LogP contribution in [0.5, 0.6) is 0 Å². The third-order valence-electron chi connectivity index (χ3n) is 5.55. The number of aromatic nitrogens is 2. The fraction of sp³-hybridized carbons (Fsp3) is 0.765. The predicted octanol–water partition coefficient (Wildman–Crippen LogP) is 0.929. The number of hydrogen-bond donors (Lipinski definition) is 5. The van der Waals surface area contributed by atoms with Crippen LogP contribution in [0.2, 0.25) is 0 Å². The molecule has 1 aliphatic rings. The van der Waals surface area contributed by atoms with Crippen molar-refractivity contribution in [1.82, 2.24) is 9.55 Å². The highest BCUT2D eigenvalue weighted by Gasteiger charge is 2.50. The maximum absolute atomic E-state index is 12.6. The first-order valence-electron chi connectivity index (χ1n) is 9.50. The van der Waals surface area contributed by atoms with Crippen molar-refractivity contribution in [3.05, 3.63) is 20.3 Å². The SMILES string of the molecule is CCC(C)(O)P(=O)(O)O[C@](C)(CC)C[C@H]1O[C@@H](n2cc(I)c(N)nc2=O)[C@H](O)[C@@H]1O. The largest absolute Gasteiger partial charge is 0.388 e. The minimum Gasteiger partial charge on any atom is -0.388 e. The van der Waals surface area contributed by atoms with Gasteiger partial charge in [-0.15, -0.1) is 0 Å². The Bertz CT molecular complexity index is 881. The molecule has 0 bridgehead atoms. The molecule has 0 aromatic carbocycles. The van der Waals surface area contributed by atoms with Gasteiger partial charge in [0.1, 0.15) is 18.0 Å². The van der Waals surface area contributed by atoms with Gasteiger partial charge in [0.15, 0.2) is 11.6 Å². The van der Waals surface area contributed by atoms with Crippen molar-refractivity contribution in [1.29, 1.82) is 0 Å². The topological polar surface area (TPSA) is 177 Å². The molecule has 0 saturated carbocycles. The molecule has 11 nitrogen and oxygen atoms in total. The molecule has 0 amide bonds. The summed E-state index contributed by atoms with van der Waals surface area (Å²) in [4.78, 5) is 26.1. The van der Waals surface area contributed by atoms with E-state index in [1.54, 1.807) is 20.8 Å². The molecule has 6 N–H and O–H groups in total. The van der Waals surface area contributed by atoms with E-state index in [0.29, 0.717) is 3.57 Å². The number of nitrogens with two attached hydrogens (primary N) is 1. The summed E-state index contributed by atoms with van der Waals surface area (Å²) in [6, 6.07) is 0. The number of rotatable bonds is 8. The molecular formula is C17H29IN3O8P. The first kappa shape index (κ1) is 25.7. The van der Waals surface area contributed by atoms with Crippen LogP contribution in [-0.4, -0.2) is 59.0 Å². The number of hydrogen-bond acceptors (Lipinski definition) is 9. The maximum atomic E-state index is 12.6. The summed E-state index contributed by atoms with van der Waals surface area (Å²) in [6.07, 6.45) is -3.53. The van der Waals surface area contributed by atoms with Crippen molar-refractivity contribution in [2.45, 2.75) is 82.4 Å². The van der Waals surface area contributed by atoms with E-state index in [2.05, 4.69) is 4.98 Å². The van der Waals surface area contributed by atoms with Gasteiger partial charge in [-0.05, 0) is 49.3 Å². The first-order valence-corrected chi connectivity index (χ1v) is 12.2. The van der Waals surface area contributed by atoms with Crippen LogP contribution < -0.4 is 11.4 Å². The van der Waals surface area contributed by atoms with E-state index in [1.807, 2.05) is 22.6 Å². The van der Waals surface area contributed by atoms with Crippen LogP contribution in [0.15, 0.2) is 11.0 Å². The minimum absolute atomic E-state index is 0.00436. The Morgan fingerprint density at radius 2 is 1.93 bits per heavy atom. The lowest BCUT2D eigenvalue weighted by molar-refractivity contribution is -0.0714. The van der Waals surface area contributed by atoms with Gasteiger partial charge < -0.3 is 35.2 Å². The normalized spacial score (nSPS) is 30.4. The average Bonchev–Trinajstić information content (AvgIpc) is 2.92. The molecule has 7 atom stereocenters. The van der Waals surface area contributed by atoms with Gasteiger partial charge in [-0.2, -0.15) is 4.98 Å². The molecule has 0 spiro atoms. The lowest BCUT2D eigenvalue weighted by Gasteiger charge is -2.37. The van der Waals surface area contributed by atoms with E-state index in [4.69, 9.17) is 15.0 Å². The predicted molar refractivity (Wildman–Crippen MR) is 117 cm³/mol. The van der Waals surface area contributed by atoms with E-state index in [-0.39, 0.29) is 25.1 Å². The Kier molecular flexibility index (Phi) is 7.78. The molecule has 2 rings (SSSR count). The lowest BCUT2D eigenvalue weighted by Crippen LogP contribution is -2.40. The summed E-state index contributed by atoms with van der Waals surface area (Å²) in [7, 11) is -4.44. The molecule has 30 heavy (non-hydrogen) atoms. The summed E-state index contributed by atoms with van der Waals surface area (Å²) >= 11 is 1.88. The smallest absolute Gasteiger partial charge is 0.359 e. The number of aliphatic hydroxyl groups is 3. The van der Waals surface area contributed by atoms with Crippen LogP contribution in [0.1, 0.15) is 53.2 Å². The molecule has 1 aromatic rings. The Morgan fingerprint density at radius 3 is 2.47 bits per heavy atom. The molecule has 1 saturated heterocycles. The van der Waals surface area contributed by atoms with Crippen molar-refractivity contribution < 1.29 is 34.0 Å². The number of halogens is 1. The number of ether oxygens (including phenoxy) is 1. The number of aliphatic hydroxyl groups excluding tert-OH is 2. The standard InChI is InChI=1S/C17H29IN3O8P/c1-5-16(3,29-30(26,27)17(4,25)6-2)7-10-11(22)12(23)14(28-10)21-8-9(18)13(19)20-15(21)24/h8,10-12,14,22-23,25H,5-7H2,1-4H3,(H,26,27)(H2,19,20,24)/t10-,11-,12-,14-,16-,17?/m1/s1. The lowest BCUT2D eigenvalue weighted by atomic mass is 9.93. The zero-order valence-electron chi connectivity index (χ0n) is 17.2. The summed E-state index contributed by atoms with van der Waals surface area (Å²) < 4.78 is 25.3. The first-order chi connectivity index (χ1) is 13.7. The van der Waals surface area contributed by atoms with Gasteiger partial charge in [0.25, 0.3) is 0 Å². The van der Waals surface area contributed by atoms with Crippen LogP contribution in [0.25, 0.3) is 0 Å². The molecule has 2 unspecified atom stereocenters. The van der Waals surface area contributed by atoms with Gasteiger partial charge in [0.2, 0.25) is 0 Å². The Morgan fingerprint density at radius 1 is 1.33 bits per heavy atom. The Hall–Kier alpha value is -0.600. The maximum Gasteiger partial charge on any atom is 0.359 e. The zero-order valence-corrected chi connectivity index (χ0v) is 20.3. The van der Waals surface area contributed by atoms with E-state index in [9.17, 15) is 29.6 Å². The molecule has 172 valence electrons. The van der Waals surface area contributed by atoms with Gasteiger partial charge in [0, 0.05) is 12.6 Å². The van der Waals surface area contributed by atoms with Gasteiger partial charge in [-0.1, -0.05) is 13.8 Å². The Balaban J connectivity index is 2.27. The van der Waals surface area contributed by atoms with Crippen LogP contribution in [0.3, 0.4) is 0 Å². The van der Waals surface area contributed by atoms with E-state index >= 15 is 0 Å². The second-order valence-electron chi connectivity index (χ2n) is 7.90. The summed E-state index contributed by atoms with van der Waals surface area (Å²) in [6.45, 7) is 6.04.